The third-order valence-corrected chi connectivity index (χ3v) is 6.81. The molecule has 0 saturated carbocycles. The van der Waals surface area contributed by atoms with Gasteiger partial charge >= 0.3 is 0 Å². The average molecular weight is 496 g/mol. The van der Waals surface area contributed by atoms with Gasteiger partial charge in [-0.15, -0.1) is 4.98 Å². The maximum Gasteiger partial charge on any atom is 0.270 e. The van der Waals surface area contributed by atoms with Crippen LogP contribution in [0.4, 0.5) is 11.5 Å². The molecular formula is C24H26BrN5O2. The van der Waals surface area contributed by atoms with E-state index >= 15 is 0 Å². The zero-order chi connectivity index (χ0) is 23.0. The fourth-order valence-electron chi connectivity index (χ4n) is 4.38. The van der Waals surface area contributed by atoms with Gasteiger partial charge in [0.1, 0.15) is 5.75 Å². The van der Waals surface area contributed by atoms with Gasteiger partial charge in [-0.05, 0) is 59.6 Å². The molecule has 32 heavy (non-hydrogen) atoms. The molecule has 1 aromatic carbocycles. The zero-order valence-corrected chi connectivity index (χ0v) is 20.3. The number of nitrogens with zero attached hydrogens (tertiary/aromatic N) is 5. The molecule has 4 rings (SSSR count). The van der Waals surface area contributed by atoms with Gasteiger partial charge in [-0.3, -0.25) is 9.69 Å². The average Bonchev–Trinajstić information content (AvgIpc) is 2.78. The van der Waals surface area contributed by atoms with E-state index < -0.39 is 0 Å². The summed E-state index contributed by atoms with van der Waals surface area (Å²) < 4.78 is 7.88. The number of benzene rings is 1. The van der Waals surface area contributed by atoms with Crippen LogP contribution >= 0.6 is 15.9 Å². The zero-order valence-electron chi connectivity index (χ0n) is 18.7. The van der Waals surface area contributed by atoms with Crippen molar-refractivity contribution < 1.29 is 4.74 Å². The molecule has 2 atom stereocenters. The van der Waals surface area contributed by atoms with Gasteiger partial charge in [-0.25, -0.2) is 0 Å². The predicted octanol–water partition coefficient (Wildman–Crippen LogP) is 4.35. The van der Waals surface area contributed by atoms with Gasteiger partial charge in [0.05, 0.1) is 22.8 Å². The number of aryl methyl sites for hydroxylation is 1. The van der Waals surface area contributed by atoms with E-state index in [1.807, 2.05) is 12.1 Å². The van der Waals surface area contributed by atoms with Crippen LogP contribution in [0.15, 0.2) is 45.7 Å². The van der Waals surface area contributed by atoms with Gasteiger partial charge in [-0.1, -0.05) is 12.6 Å². The van der Waals surface area contributed by atoms with E-state index in [0.29, 0.717) is 11.3 Å². The van der Waals surface area contributed by atoms with E-state index in [2.05, 4.69) is 61.5 Å². The Kier molecular flexibility index (Phi) is 6.22. The minimum absolute atomic E-state index is 0.0739. The normalized spacial score (nSPS) is 19.2. The Morgan fingerprint density at radius 3 is 2.66 bits per heavy atom. The summed E-state index contributed by atoms with van der Waals surface area (Å²) in [5.74, 6) is 1.16. The molecule has 3 heterocycles. The number of piperazine rings is 1. The van der Waals surface area contributed by atoms with E-state index in [-0.39, 0.29) is 17.6 Å². The number of hydrogen-bond acceptors (Lipinski definition) is 5. The van der Waals surface area contributed by atoms with Crippen molar-refractivity contribution in [2.75, 3.05) is 25.1 Å². The second kappa shape index (κ2) is 8.93. The molecule has 0 aliphatic carbocycles. The van der Waals surface area contributed by atoms with Crippen molar-refractivity contribution in [3.05, 3.63) is 68.2 Å². The predicted molar refractivity (Wildman–Crippen MR) is 131 cm³/mol. The lowest BCUT2D eigenvalue weighted by atomic mass is 10.0. The summed E-state index contributed by atoms with van der Waals surface area (Å²) >= 11 is 3.58. The molecule has 1 aliphatic heterocycles. The van der Waals surface area contributed by atoms with Gasteiger partial charge < -0.3 is 19.0 Å². The Balaban J connectivity index is 1.63. The molecule has 166 valence electrons. The first-order valence-electron chi connectivity index (χ1n) is 10.5. The van der Waals surface area contributed by atoms with Crippen molar-refractivity contribution in [3.63, 3.8) is 0 Å². The van der Waals surface area contributed by atoms with Crippen LogP contribution in [-0.4, -0.2) is 46.7 Å². The molecule has 8 heteroatoms. The molecule has 0 spiro atoms. The summed E-state index contributed by atoms with van der Waals surface area (Å²) in [6, 6.07) is 11.8. The van der Waals surface area contributed by atoms with Crippen LogP contribution in [0.1, 0.15) is 19.4 Å². The highest BCUT2D eigenvalue weighted by molar-refractivity contribution is 9.10. The summed E-state index contributed by atoms with van der Waals surface area (Å²) in [4.78, 5) is 25.4. The SMILES string of the molecule is [C-]#[N+]c1ccc2c(n1)c(N1C[C@@H](C)N(Cc3ccc(OC)c(Br)c3)C[C@@H]1C)cc(=O)n2C. The Hall–Kier alpha value is -2.89. The van der Waals surface area contributed by atoms with Crippen LogP contribution in [0.5, 0.6) is 5.75 Å². The summed E-state index contributed by atoms with van der Waals surface area (Å²) in [5.41, 5.74) is 3.39. The number of pyridine rings is 2. The van der Waals surface area contributed by atoms with Gasteiger partial charge in [0.15, 0.2) is 0 Å². The van der Waals surface area contributed by atoms with Crippen molar-refractivity contribution in [1.29, 1.82) is 0 Å². The summed E-state index contributed by atoms with van der Waals surface area (Å²) in [5, 5.41) is 0. The molecule has 1 aliphatic rings. The van der Waals surface area contributed by atoms with Gasteiger partial charge in [-0.2, -0.15) is 0 Å². The lowest BCUT2D eigenvalue weighted by Gasteiger charge is -2.45. The Morgan fingerprint density at radius 2 is 1.97 bits per heavy atom. The highest BCUT2D eigenvalue weighted by Gasteiger charge is 2.31. The number of aromatic nitrogens is 2. The maximum atomic E-state index is 12.7. The largest absolute Gasteiger partial charge is 0.496 e. The van der Waals surface area contributed by atoms with Gasteiger partial charge in [0.25, 0.3) is 11.4 Å². The molecule has 1 fully saturated rings. The first-order valence-corrected chi connectivity index (χ1v) is 11.3. The standard InChI is InChI=1S/C24H26BrN5O2/c1-15-13-30(16(2)12-29(15)14-17-6-8-21(32-5)18(25)10-17)20-11-23(31)28(4)19-7-9-22(26-3)27-24(19)20/h6-11,15-16H,12-14H2,1-2,4-5H3/t15-,16+/m1/s1. The number of methoxy groups -OCH3 is 1. The molecule has 0 N–H and O–H groups in total. The molecule has 0 bridgehead atoms. The quantitative estimate of drug-likeness (QED) is 0.503. The van der Waals surface area contributed by atoms with Crippen LogP contribution in [0.3, 0.4) is 0 Å². The monoisotopic (exact) mass is 495 g/mol. The Labute approximate surface area is 196 Å². The number of hydrogen-bond donors (Lipinski definition) is 0. The molecular weight excluding hydrogens is 470 g/mol. The maximum absolute atomic E-state index is 12.7. The van der Waals surface area contributed by atoms with Crippen molar-refractivity contribution in [2.24, 2.45) is 7.05 Å². The fraction of sp³-hybridized carbons (Fsp3) is 0.375. The van der Waals surface area contributed by atoms with E-state index in [1.165, 1.54) is 5.56 Å². The fourth-order valence-corrected chi connectivity index (χ4v) is 4.97. The second-order valence-electron chi connectivity index (χ2n) is 8.32. The Morgan fingerprint density at radius 1 is 1.19 bits per heavy atom. The van der Waals surface area contributed by atoms with Crippen molar-refractivity contribution >= 4 is 38.5 Å². The molecule has 3 aromatic rings. The number of anilines is 1. The molecule has 7 nitrogen and oxygen atoms in total. The van der Waals surface area contributed by atoms with Gasteiger partial charge in [0, 0.05) is 44.8 Å². The first-order chi connectivity index (χ1) is 15.3. The molecule has 0 amide bonds. The summed E-state index contributed by atoms with van der Waals surface area (Å²) in [6.45, 7) is 14.2. The summed E-state index contributed by atoms with van der Waals surface area (Å²) in [6.07, 6.45) is 0. The Bertz CT molecular complexity index is 1270. The van der Waals surface area contributed by atoms with E-state index in [4.69, 9.17) is 11.3 Å². The van der Waals surface area contributed by atoms with Crippen molar-refractivity contribution in [3.8, 4) is 5.75 Å². The minimum Gasteiger partial charge on any atom is -0.496 e. The number of ether oxygens (including phenoxy) is 1. The van der Waals surface area contributed by atoms with Crippen molar-refractivity contribution in [1.82, 2.24) is 14.5 Å². The highest BCUT2D eigenvalue weighted by atomic mass is 79.9. The van der Waals surface area contributed by atoms with Crippen molar-refractivity contribution in [2.45, 2.75) is 32.5 Å². The van der Waals surface area contributed by atoms with Crippen LogP contribution in [-0.2, 0) is 13.6 Å². The molecule has 1 saturated heterocycles. The van der Waals surface area contributed by atoms with E-state index in [1.54, 1.807) is 30.9 Å². The summed E-state index contributed by atoms with van der Waals surface area (Å²) in [7, 11) is 3.41. The lowest BCUT2D eigenvalue weighted by molar-refractivity contribution is 0.158. The number of fused-ring (bicyclic) bond motifs is 1. The highest BCUT2D eigenvalue weighted by Crippen LogP contribution is 2.31. The second-order valence-corrected chi connectivity index (χ2v) is 9.18. The van der Waals surface area contributed by atoms with E-state index in [9.17, 15) is 4.79 Å². The molecule has 2 aromatic heterocycles. The molecule has 0 radical (unpaired) electrons. The van der Waals surface area contributed by atoms with Crippen LogP contribution in [0.2, 0.25) is 0 Å². The van der Waals surface area contributed by atoms with E-state index in [0.717, 1.165) is 41.1 Å². The lowest BCUT2D eigenvalue weighted by Crippen LogP contribution is -2.56. The third-order valence-electron chi connectivity index (χ3n) is 6.19. The first kappa shape index (κ1) is 22.3. The third kappa shape index (κ3) is 4.10. The van der Waals surface area contributed by atoms with Gasteiger partial charge in [0.2, 0.25) is 5.52 Å². The number of rotatable bonds is 4. The van der Waals surface area contributed by atoms with Crippen LogP contribution in [0, 0.1) is 6.57 Å². The van der Waals surface area contributed by atoms with Crippen LogP contribution < -0.4 is 15.2 Å². The topological polar surface area (TPSA) is 55.0 Å². The molecule has 0 unspecified atom stereocenters. The number of halogens is 1. The van der Waals surface area contributed by atoms with Crippen LogP contribution in [0.25, 0.3) is 15.9 Å². The minimum atomic E-state index is -0.0739. The smallest absolute Gasteiger partial charge is 0.270 e.